The molecule has 74 valence electrons. The van der Waals surface area contributed by atoms with Gasteiger partial charge in [0.15, 0.2) is 0 Å². The first-order valence-electron chi connectivity index (χ1n) is 4.55. The third kappa shape index (κ3) is 3.71. The molecule has 1 unspecified atom stereocenters. The lowest BCUT2D eigenvalue weighted by molar-refractivity contribution is 0.175. The van der Waals surface area contributed by atoms with Gasteiger partial charge in [-0.05, 0) is 41.9 Å². The van der Waals surface area contributed by atoms with Crippen molar-refractivity contribution >= 4 is 23.1 Å². The summed E-state index contributed by atoms with van der Waals surface area (Å²) in [5, 5.41) is 11.8. The van der Waals surface area contributed by atoms with Crippen LogP contribution in [-0.2, 0) is 0 Å². The monoisotopic (exact) mass is 216 g/mol. The van der Waals surface area contributed by atoms with Gasteiger partial charge in [0.25, 0.3) is 0 Å². The average Bonchev–Trinajstić information content (AvgIpc) is 2.52. The number of thiophene rings is 1. The molecule has 0 fully saturated rings. The molecule has 0 aliphatic rings. The molecular formula is C10H16OS2. The highest BCUT2D eigenvalue weighted by atomic mass is 32.2. The van der Waals surface area contributed by atoms with E-state index in [0.29, 0.717) is 0 Å². The van der Waals surface area contributed by atoms with Crippen LogP contribution in [0.5, 0.6) is 0 Å². The zero-order valence-corrected chi connectivity index (χ0v) is 9.75. The lowest BCUT2D eigenvalue weighted by Crippen LogP contribution is -1.97. The summed E-state index contributed by atoms with van der Waals surface area (Å²) in [6, 6.07) is 2.08. The van der Waals surface area contributed by atoms with E-state index in [4.69, 9.17) is 0 Å². The van der Waals surface area contributed by atoms with E-state index in [1.54, 1.807) is 11.3 Å². The molecule has 0 radical (unpaired) electrons. The molecule has 1 nitrogen and oxygen atoms in total. The highest BCUT2D eigenvalue weighted by Crippen LogP contribution is 2.23. The molecule has 3 heteroatoms. The van der Waals surface area contributed by atoms with E-state index in [0.717, 1.165) is 23.5 Å². The number of aliphatic hydroxyl groups excluding tert-OH is 1. The predicted molar refractivity (Wildman–Crippen MR) is 61.6 cm³/mol. The second kappa shape index (κ2) is 5.68. The van der Waals surface area contributed by atoms with Crippen molar-refractivity contribution in [2.24, 2.45) is 0 Å². The number of hydrogen-bond donors (Lipinski definition) is 1. The summed E-state index contributed by atoms with van der Waals surface area (Å²) in [4.78, 5) is 1.28. The average molecular weight is 216 g/mol. The van der Waals surface area contributed by atoms with Gasteiger partial charge in [-0.1, -0.05) is 6.92 Å². The number of aryl methyl sites for hydroxylation is 1. The van der Waals surface area contributed by atoms with Crippen LogP contribution >= 0.6 is 23.1 Å². The van der Waals surface area contributed by atoms with Crippen LogP contribution in [0.1, 0.15) is 29.9 Å². The standard InChI is InChI=1S/C10H16OS2/c1-3-12-5-4-10(11)9-6-8(2)13-7-9/h6-7,10-11H,3-5H2,1-2H3. The molecule has 0 saturated heterocycles. The lowest BCUT2D eigenvalue weighted by atomic mass is 10.1. The molecule has 1 N–H and O–H groups in total. The van der Waals surface area contributed by atoms with Crippen molar-refractivity contribution < 1.29 is 5.11 Å². The summed E-state index contributed by atoms with van der Waals surface area (Å²) in [5.74, 6) is 2.18. The smallest absolute Gasteiger partial charge is 0.0806 e. The van der Waals surface area contributed by atoms with Crippen molar-refractivity contribution in [3.05, 3.63) is 21.9 Å². The number of aliphatic hydroxyl groups is 1. The molecular weight excluding hydrogens is 200 g/mol. The zero-order valence-electron chi connectivity index (χ0n) is 8.12. The Bertz CT molecular complexity index is 245. The molecule has 1 aromatic heterocycles. The number of thioether (sulfide) groups is 1. The Morgan fingerprint density at radius 3 is 2.92 bits per heavy atom. The second-order valence-electron chi connectivity index (χ2n) is 2.99. The lowest BCUT2D eigenvalue weighted by Gasteiger charge is -2.07. The maximum absolute atomic E-state index is 9.75. The Kier molecular flexibility index (Phi) is 4.84. The first kappa shape index (κ1) is 11.1. The SMILES string of the molecule is CCSCCC(O)c1csc(C)c1. The van der Waals surface area contributed by atoms with E-state index in [9.17, 15) is 5.11 Å². The van der Waals surface area contributed by atoms with Crippen LogP contribution in [0.15, 0.2) is 11.4 Å². The van der Waals surface area contributed by atoms with Gasteiger partial charge in [-0.25, -0.2) is 0 Å². The predicted octanol–water partition coefficient (Wildman–Crippen LogP) is 3.23. The molecule has 0 amide bonds. The van der Waals surface area contributed by atoms with Crippen molar-refractivity contribution in [2.45, 2.75) is 26.4 Å². The van der Waals surface area contributed by atoms with Gasteiger partial charge in [0, 0.05) is 4.88 Å². The molecule has 1 heterocycles. The number of rotatable bonds is 5. The normalized spacial score (nSPS) is 13.2. The number of hydrogen-bond acceptors (Lipinski definition) is 3. The Hall–Kier alpha value is 0.0100. The molecule has 1 atom stereocenters. The van der Waals surface area contributed by atoms with Crippen LogP contribution in [0, 0.1) is 6.92 Å². The van der Waals surface area contributed by atoms with E-state index in [1.165, 1.54) is 4.88 Å². The van der Waals surface area contributed by atoms with E-state index >= 15 is 0 Å². The quantitative estimate of drug-likeness (QED) is 0.763. The Morgan fingerprint density at radius 1 is 1.62 bits per heavy atom. The Balaban J connectivity index is 2.35. The van der Waals surface area contributed by atoms with Crippen molar-refractivity contribution in [3.8, 4) is 0 Å². The zero-order chi connectivity index (χ0) is 9.68. The first-order valence-corrected chi connectivity index (χ1v) is 6.58. The van der Waals surface area contributed by atoms with Gasteiger partial charge in [0.1, 0.15) is 0 Å². The van der Waals surface area contributed by atoms with Crippen LogP contribution in [0.2, 0.25) is 0 Å². The molecule has 0 aromatic carbocycles. The van der Waals surface area contributed by atoms with Crippen LogP contribution in [0.25, 0.3) is 0 Å². The fourth-order valence-electron chi connectivity index (χ4n) is 1.14. The molecule has 0 saturated carbocycles. The summed E-state index contributed by atoms with van der Waals surface area (Å²) < 4.78 is 0. The topological polar surface area (TPSA) is 20.2 Å². The molecule has 13 heavy (non-hydrogen) atoms. The summed E-state index contributed by atoms with van der Waals surface area (Å²) in [5.41, 5.74) is 1.08. The van der Waals surface area contributed by atoms with Gasteiger partial charge in [0.05, 0.1) is 6.10 Å². The van der Waals surface area contributed by atoms with E-state index in [-0.39, 0.29) is 6.10 Å². The third-order valence-corrected chi connectivity index (χ3v) is 3.69. The van der Waals surface area contributed by atoms with Crippen molar-refractivity contribution in [1.29, 1.82) is 0 Å². The largest absolute Gasteiger partial charge is 0.388 e. The highest BCUT2D eigenvalue weighted by Gasteiger charge is 2.07. The van der Waals surface area contributed by atoms with Gasteiger partial charge in [-0.3, -0.25) is 0 Å². The Labute approximate surface area is 88.2 Å². The summed E-state index contributed by atoms with van der Waals surface area (Å²) in [6.07, 6.45) is 0.610. The van der Waals surface area contributed by atoms with Crippen LogP contribution in [0.3, 0.4) is 0 Å². The minimum absolute atomic E-state index is 0.260. The van der Waals surface area contributed by atoms with Gasteiger partial charge < -0.3 is 5.11 Å². The third-order valence-electron chi connectivity index (χ3n) is 1.88. The first-order chi connectivity index (χ1) is 6.24. The van der Waals surface area contributed by atoms with Crippen LogP contribution in [-0.4, -0.2) is 16.6 Å². The highest BCUT2D eigenvalue weighted by molar-refractivity contribution is 7.99. The van der Waals surface area contributed by atoms with E-state index in [2.05, 4.69) is 25.3 Å². The second-order valence-corrected chi connectivity index (χ2v) is 5.50. The van der Waals surface area contributed by atoms with Crippen molar-refractivity contribution in [2.75, 3.05) is 11.5 Å². The molecule has 0 aliphatic carbocycles. The molecule has 1 aromatic rings. The molecule has 0 spiro atoms. The summed E-state index contributed by atoms with van der Waals surface area (Å²) in [7, 11) is 0. The van der Waals surface area contributed by atoms with Gasteiger partial charge in [-0.2, -0.15) is 11.8 Å². The minimum atomic E-state index is -0.260. The summed E-state index contributed by atoms with van der Waals surface area (Å²) in [6.45, 7) is 4.22. The minimum Gasteiger partial charge on any atom is -0.388 e. The van der Waals surface area contributed by atoms with Crippen molar-refractivity contribution in [1.82, 2.24) is 0 Å². The maximum atomic E-state index is 9.75. The fraction of sp³-hybridized carbons (Fsp3) is 0.600. The molecule has 0 aliphatic heterocycles. The maximum Gasteiger partial charge on any atom is 0.0806 e. The summed E-state index contributed by atoms with van der Waals surface area (Å²) >= 11 is 3.59. The fourth-order valence-corrected chi connectivity index (χ4v) is 2.57. The van der Waals surface area contributed by atoms with Gasteiger partial charge in [0.2, 0.25) is 0 Å². The van der Waals surface area contributed by atoms with Crippen LogP contribution in [0.4, 0.5) is 0 Å². The van der Waals surface area contributed by atoms with E-state index in [1.807, 2.05) is 11.8 Å². The molecule has 0 bridgehead atoms. The van der Waals surface area contributed by atoms with E-state index < -0.39 is 0 Å². The Morgan fingerprint density at radius 2 is 2.38 bits per heavy atom. The van der Waals surface area contributed by atoms with Crippen molar-refractivity contribution in [3.63, 3.8) is 0 Å². The molecule has 1 rings (SSSR count). The van der Waals surface area contributed by atoms with Crippen LogP contribution < -0.4 is 0 Å². The van der Waals surface area contributed by atoms with Gasteiger partial charge >= 0.3 is 0 Å². The van der Waals surface area contributed by atoms with Gasteiger partial charge in [-0.15, -0.1) is 11.3 Å².